The average molecular weight is 394 g/mol. The second-order valence-electron chi connectivity index (χ2n) is 4.65. The number of nitro benzene ring substituents is 1. The summed E-state index contributed by atoms with van der Waals surface area (Å²) in [6.07, 6.45) is 0. The van der Waals surface area contributed by atoms with E-state index in [1.54, 1.807) is 24.3 Å². The van der Waals surface area contributed by atoms with Crippen molar-refractivity contribution in [3.05, 3.63) is 68.2 Å². The van der Waals surface area contributed by atoms with Gasteiger partial charge in [0.05, 0.1) is 17.6 Å². The largest absolute Gasteiger partial charge is 0.478 e. The molecule has 0 aliphatic carbocycles. The van der Waals surface area contributed by atoms with Crippen LogP contribution < -0.4 is 4.74 Å². The summed E-state index contributed by atoms with van der Waals surface area (Å²) in [7, 11) is 1.18. The first-order valence-corrected chi connectivity index (χ1v) is 7.50. The SMILES string of the molecule is COC(=O)c1ccc(OCC(=O)c2ccc(Br)cc2)c([N+](=O)[O-])c1. The van der Waals surface area contributed by atoms with Crippen LogP contribution in [0.15, 0.2) is 46.9 Å². The molecule has 0 aliphatic heterocycles. The highest BCUT2D eigenvalue weighted by Gasteiger charge is 2.20. The van der Waals surface area contributed by atoms with Gasteiger partial charge in [0.2, 0.25) is 0 Å². The summed E-state index contributed by atoms with van der Waals surface area (Å²) >= 11 is 3.26. The quantitative estimate of drug-likeness (QED) is 0.323. The Morgan fingerprint density at radius 1 is 1.12 bits per heavy atom. The van der Waals surface area contributed by atoms with E-state index < -0.39 is 16.6 Å². The van der Waals surface area contributed by atoms with Gasteiger partial charge in [-0.25, -0.2) is 4.79 Å². The molecule has 8 heteroatoms. The second-order valence-corrected chi connectivity index (χ2v) is 5.57. The number of hydrogen-bond acceptors (Lipinski definition) is 6. The molecule has 0 aliphatic rings. The number of hydrogen-bond donors (Lipinski definition) is 0. The van der Waals surface area contributed by atoms with Gasteiger partial charge in [0, 0.05) is 16.1 Å². The number of esters is 1. The number of ketones is 1. The fourth-order valence-electron chi connectivity index (χ4n) is 1.89. The number of Topliss-reactive ketones (excluding diaryl/α,β-unsaturated/α-hetero) is 1. The number of rotatable bonds is 6. The zero-order valence-corrected chi connectivity index (χ0v) is 14.1. The Bertz CT molecular complexity index is 788. The van der Waals surface area contributed by atoms with Crippen LogP contribution in [-0.4, -0.2) is 30.4 Å². The standard InChI is InChI=1S/C16H12BrNO6/c1-23-16(20)11-4-7-15(13(8-11)18(21)22)24-9-14(19)10-2-5-12(17)6-3-10/h2-8H,9H2,1H3. The number of nitro groups is 1. The lowest BCUT2D eigenvalue weighted by Crippen LogP contribution is -2.12. The highest BCUT2D eigenvalue weighted by molar-refractivity contribution is 9.10. The highest BCUT2D eigenvalue weighted by atomic mass is 79.9. The third kappa shape index (κ3) is 4.17. The number of methoxy groups -OCH3 is 1. The van der Waals surface area contributed by atoms with E-state index in [1.807, 2.05) is 0 Å². The second kappa shape index (κ2) is 7.69. The number of benzene rings is 2. The summed E-state index contributed by atoms with van der Waals surface area (Å²) in [4.78, 5) is 33.9. The first-order chi connectivity index (χ1) is 11.4. The Morgan fingerprint density at radius 3 is 2.33 bits per heavy atom. The van der Waals surface area contributed by atoms with Gasteiger partial charge in [-0.3, -0.25) is 14.9 Å². The Morgan fingerprint density at radius 2 is 1.75 bits per heavy atom. The Labute approximate surface area is 145 Å². The van der Waals surface area contributed by atoms with Crippen LogP contribution in [0.2, 0.25) is 0 Å². The predicted octanol–water partition coefficient (Wildman–Crippen LogP) is 3.41. The van der Waals surface area contributed by atoms with Crippen LogP contribution in [0.4, 0.5) is 5.69 Å². The van der Waals surface area contributed by atoms with E-state index >= 15 is 0 Å². The molecule has 2 aromatic carbocycles. The van der Waals surface area contributed by atoms with E-state index in [1.165, 1.54) is 19.2 Å². The van der Waals surface area contributed by atoms with Crippen LogP contribution in [0.25, 0.3) is 0 Å². The van der Waals surface area contributed by atoms with Crippen molar-refractivity contribution in [2.45, 2.75) is 0 Å². The average Bonchev–Trinajstić information content (AvgIpc) is 2.59. The molecule has 0 aromatic heterocycles. The maximum atomic E-state index is 12.0. The van der Waals surface area contributed by atoms with Crippen LogP contribution in [0.3, 0.4) is 0 Å². The molecule has 0 atom stereocenters. The maximum Gasteiger partial charge on any atom is 0.338 e. The maximum absolute atomic E-state index is 12.0. The summed E-state index contributed by atoms with van der Waals surface area (Å²) in [5.74, 6) is -1.12. The first kappa shape index (κ1) is 17.6. The molecular weight excluding hydrogens is 382 g/mol. The van der Waals surface area contributed by atoms with E-state index in [0.29, 0.717) is 5.56 Å². The molecule has 0 unspecified atom stereocenters. The van der Waals surface area contributed by atoms with Gasteiger partial charge in [-0.2, -0.15) is 0 Å². The van der Waals surface area contributed by atoms with Crippen molar-refractivity contribution in [3.63, 3.8) is 0 Å². The Balaban J connectivity index is 2.17. The smallest absolute Gasteiger partial charge is 0.338 e. The topological polar surface area (TPSA) is 95.7 Å². The van der Waals surface area contributed by atoms with Gasteiger partial charge < -0.3 is 9.47 Å². The number of carbonyl (C=O) groups excluding carboxylic acids is 2. The van der Waals surface area contributed by atoms with Gasteiger partial charge >= 0.3 is 11.7 Å². The molecule has 0 spiro atoms. The van der Waals surface area contributed by atoms with Gasteiger partial charge in [0.1, 0.15) is 0 Å². The monoisotopic (exact) mass is 393 g/mol. The number of ether oxygens (including phenoxy) is 2. The van der Waals surface area contributed by atoms with Crippen molar-refractivity contribution in [2.75, 3.05) is 13.7 Å². The van der Waals surface area contributed by atoms with E-state index in [0.717, 1.165) is 10.5 Å². The van der Waals surface area contributed by atoms with Crippen LogP contribution >= 0.6 is 15.9 Å². The van der Waals surface area contributed by atoms with Crippen molar-refractivity contribution >= 4 is 33.4 Å². The fraction of sp³-hybridized carbons (Fsp3) is 0.125. The van der Waals surface area contributed by atoms with Crippen LogP contribution in [0.5, 0.6) is 5.75 Å². The lowest BCUT2D eigenvalue weighted by atomic mass is 10.1. The summed E-state index contributed by atoms with van der Waals surface area (Å²) in [6.45, 7) is -0.361. The molecular formula is C16H12BrNO6. The molecule has 2 rings (SSSR count). The van der Waals surface area contributed by atoms with E-state index in [2.05, 4.69) is 20.7 Å². The number of nitrogens with zero attached hydrogens (tertiary/aromatic N) is 1. The molecule has 0 N–H and O–H groups in total. The number of halogens is 1. The Kier molecular flexibility index (Phi) is 5.64. The van der Waals surface area contributed by atoms with Crippen molar-refractivity contribution < 1.29 is 24.0 Å². The van der Waals surface area contributed by atoms with E-state index in [9.17, 15) is 19.7 Å². The molecule has 0 saturated carbocycles. The fourth-order valence-corrected chi connectivity index (χ4v) is 2.15. The molecule has 0 amide bonds. The lowest BCUT2D eigenvalue weighted by molar-refractivity contribution is -0.385. The van der Waals surface area contributed by atoms with E-state index in [-0.39, 0.29) is 23.7 Å². The highest BCUT2D eigenvalue weighted by Crippen LogP contribution is 2.28. The molecule has 7 nitrogen and oxygen atoms in total. The Hall–Kier alpha value is -2.74. The third-order valence-corrected chi connectivity index (χ3v) is 3.63. The molecule has 0 radical (unpaired) electrons. The summed E-state index contributed by atoms with van der Waals surface area (Å²) in [5.41, 5.74) is 0.0318. The van der Waals surface area contributed by atoms with Crippen molar-refractivity contribution in [2.24, 2.45) is 0 Å². The minimum Gasteiger partial charge on any atom is -0.478 e. The summed E-state index contributed by atoms with van der Waals surface area (Å²) in [5, 5.41) is 11.1. The van der Waals surface area contributed by atoms with Crippen LogP contribution in [0, 0.1) is 10.1 Å². The third-order valence-electron chi connectivity index (χ3n) is 3.10. The van der Waals surface area contributed by atoms with Gasteiger partial charge in [0.15, 0.2) is 18.1 Å². The zero-order chi connectivity index (χ0) is 17.7. The lowest BCUT2D eigenvalue weighted by Gasteiger charge is -2.07. The predicted molar refractivity (Wildman–Crippen MR) is 88.4 cm³/mol. The summed E-state index contributed by atoms with van der Waals surface area (Å²) < 4.78 is 10.6. The van der Waals surface area contributed by atoms with Crippen LogP contribution in [0.1, 0.15) is 20.7 Å². The van der Waals surface area contributed by atoms with Crippen molar-refractivity contribution in [3.8, 4) is 5.75 Å². The van der Waals surface area contributed by atoms with Crippen LogP contribution in [-0.2, 0) is 4.74 Å². The minimum atomic E-state index is -0.699. The molecule has 24 heavy (non-hydrogen) atoms. The van der Waals surface area contributed by atoms with Gasteiger partial charge in [-0.1, -0.05) is 28.1 Å². The normalized spacial score (nSPS) is 10.1. The molecule has 0 heterocycles. The molecule has 124 valence electrons. The first-order valence-electron chi connectivity index (χ1n) is 6.70. The van der Waals surface area contributed by atoms with Gasteiger partial charge in [-0.15, -0.1) is 0 Å². The molecule has 0 fully saturated rings. The minimum absolute atomic E-state index is 0.0239. The zero-order valence-electron chi connectivity index (χ0n) is 12.5. The molecule has 0 saturated heterocycles. The molecule has 2 aromatic rings. The van der Waals surface area contributed by atoms with E-state index in [4.69, 9.17) is 4.74 Å². The summed E-state index contributed by atoms with van der Waals surface area (Å²) in [6, 6.07) is 10.3. The number of carbonyl (C=O) groups is 2. The molecule has 0 bridgehead atoms. The van der Waals surface area contributed by atoms with Crippen molar-refractivity contribution in [1.29, 1.82) is 0 Å². The van der Waals surface area contributed by atoms with Gasteiger partial charge in [-0.05, 0) is 24.3 Å². The van der Waals surface area contributed by atoms with Gasteiger partial charge in [0.25, 0.3) is 0 Å². The van der Waals surface area contributed by atoms with Crippen molar-refractivity contribution in [1.82, 2.24) is 0 Å².